The first-order valence-electron chi connectivity index (χ1n) is 6.03. The molecule has 0 fully saturated rings. The highest BCUT2D eigenvalue weighted by Gasteiger charge is 2.10. The topological polar surface area (TPSA) is 98.7 Å². The average molecular weight is 299 g/mol. The number of thiophene rings is 1. The van der Waals surface area contributed by atoms with E-state index < -0.39 is 5.97 Å². The van der Waals surface area contributed by atoms with E-state index in [2.05, 4.69) is 10.6 Å². The molecule has 0 unspecified atom stereocenters. The third-order valence-electron chi connectivity index (χ3n) is 2.44. The third-order valence-corrected chi connectivity index (χ3v) is 3.31. The fourth-order valence-corrected chi connectivity index (χ4v) is 1.98. The Morgan fingerprint density at radius 1 is 1.30 bits per heavy atom. The minimum atomic E-state index is -0.951. The zero-order valence-electron chi connectivity index (χ0n) is 11.1. The van der Waals surface area contributed by atoms with Crippen LogP contribution in [0.3, 0.4) is 0 Å². The van der Waals surface area contributed by atoms with Crippen molar-refractivity contribution in [1.82, 2.24) is 15.5 Å². The lowest BCUT2D eigenvalue weighted by molar-refractivity contribution is -0.137. The van der Waals surface area contributed by atoms with Crippen molar-refractivity contribution in [2.45, 2.75) is 6.42 Å². The largest absolute Gasteiger partial charge is 0.481 e. The van der Waals surface area contributed by atoms with Crippen LogP contribution in [-0.4, -0.2) is 54.6 Å². The van der Waals surface area contributed by atoms with Gasteiger partial charge in [-0.2, -0.15) is 0 Å². The molecule has 0 radical (unpaired) electrons. The Hall–Kier alpha value is -2.09. The molecule has 3 N–H and O–H groups in total. The minimum absolute atomic E-state index is 0.0982. The van der Waals surface area contributed by atoms with Crippen molar-refractivity contribution in [3.05, 3.63) is 22.4 Å². The van der Waals surface area contributed by atoms with E-state index in [9.17, 15) is 14.4 Å². The molecular weight excluding hydrogens is 282 g/mol. The lowest BCUT2D eigenvalue weighted by atomic mass is 10.4. The summed E-state index contributed by atoms with van der Waals surface area (Å²) < 4.78 is 0. The van der Waals surface area contributed by atoms with Crippen molar-refractivity contribution in [2.75, 3.05) is 26.7 Å². The van der Waals surface area contributed by atoms with Crippen LogP contribution >= 0.6 is 11.3 Å². The predicted octanol–water partition coefficient (Wildman–Crippen LogP) is 0.594. The molecule has 110 valence electrons. The number of carboxylic acids is 1. The number of amides is 3. The summed E-state index contributed by atoms with van der Waals surface area (Å²) in [6, 6.07) is 3.15. The number of hydrogen-bond acceptors (Lipinski definition) is 4. The summed E-state index contributed by atoms with van der Waals surface area (Å²) in [4.78, 5) is 35.4. The second-order valence-corrected chi connectivity index (χ2v) is 4.98. The van der Waals surface area contributed by atoms with Gasteiger partial charge in [-0.25, -0.2) is 4.79 Å². The number of nitrogens with one attached hydrogen (secondary N) is 2. The SMILES string of the molecule is CN(CCC(=O)O)C(=O)NCCNC(=O)c1cccs1. The Morgan fingerprint density at radius 2 is 2.00 bits per heavy atom. The number of nitrogens with zero attached hydrogens (tertiary/aromatic N) is 1. The molecule has 3 amide bonds. The fourth-order valence-electron chi connectivity index (χ4n) is 1.34. The molecular formula is C12H17N3O4S. The van der Waals surface area contributed by atoms with E-state index in [0.29, 0.717) is 11.4 Å². The van der Waals surface area contributed by atoms with Gasteiger partial charge in [0, 0.05) is 26.7 Å². The van der Waals surface area contributed by atoms with E-state index in [-0.39, 0.29) is 31.4 Å². The van der Waals surface area contributed by atoms with Gasteiger partial charge in [-0.15, -0.1) is 11.3 Å². The quantitative estimate of drug-likeness (QED) is 0.642. The van der Waals surface area contributed by atoms with Crippen molar-refractivity contribution in [1.29, 1.82) is 0 Å². The fraction of sp³-hybridized carbons (Fsp3) is 0.417. The van der Waals surface area contributed by atoms with E-state index in [0.717, 1.165) is 0 Å². The number of carbonyl (C=O) groups is 3. The normalized spacial score (nSPS) is 9.85. The first-order valence-corrected chi connectivity index (χ1v) is 6.91. The third kappa shape index (κ3) is 5.70. The molecule has 0 aliphatic rings. The number of rotatable bonds is 7. The van der Waals surface area contributed by atoms with Gasteiger partial charge in [0.25, 0.3) is 5.91 Å². The summed E-state index contributed by atoms with van der Waals surface area (Å²) in [5, 5.41) is 15.6. The Balaban J connectivity index is 2.15. The zero-order chi connectivity index (χ0) is 15.0. The molecule has 1 heterocycles. The summed E-state index contributed by atoms with van der Waals surface area (Å²) in [5.74, 6) is -1.12. The molecule has 0 saturated heterocycles. The molecule has 0 saturated carbocycles. The van der Waals surface area contributed by atoms with Crippen molar-refractivity contribution in [3.8, 4) is 0 Å². The maximum Gasteiger partial charge on any atom is 0.317 e. The number of carboxylic acid groups (broad SMARTS) is 1. The van der Waals surface area contributed by atoms with Gasteiger partial charge in [0.05, 0.1) is 11.3 Å². The average Bonchev–Trinajstić information content (AvgIpc) is 2.94. The van der Waals surface area contributed by atoms with Crippen LogP contribution in [0.4, 0.5) is 4.79 Å². The molecule has 20 heavy (non-hydrogen) atoms. The summed E-state index contributed by atoms with van der Waals surface area (Å²) in [6.45, 7) is 0.741. The molecule has 1 aromatic heterocycles. The van der Waals surface area contributed by atoms with E-state index in [4.69, 9.17) is 5.11 Å². The smallest absolute Gasteiger partial charge is 0.317 e. The van der Waals surface area contributed by atoms with Gasteiger partial charge in [-0.1, -0.05) is 6.07 Å². The maximum absolute atomic E-state index is 11.6. The summed E-state index contributed by atoms with van der Waals surface area (Å²) in [7, 11) is 1.52. The van der Waals surface area contributed by atoms with Gasteiger partial charge in [0.15, 0.2) is 0 Å². The van der Waals surface area contributed by atoms with Gasteiger partial charge >= 0.3 is 12.0 Å². The van der Waals surface area contributed by atoms with Crippen LogP contribution in [0.1, 0.15) is 16.1 Å². The van der Waals surface area contributed by atoms with E-state index in [1.54, 1.807) is 12.1 Å². The van der Waals surface area contributed by atoms with Crippen LogP contribution < -0.4 is 10.6 Å². The highest BCUT2D eigenvalue weighted by atomic mass is 32.1. The maximum atomic E-state index is 11.6. The van der Waals surface area contributed by atoms with Crippen LogP contribution in [0.25, 0.3) is 0 Å². The van der Waals surface area contributed by atoms with Crippen molar-refractivity contribution < 1.29 is 19.5 Å². The van der Waals surface area contributed by atoms with E-state index in [1.165, 1.54) is 23.3 Å². The van der Waals surface area contributed by atoms with E-state index >= 15 is 0 Å². The van der Waals surface area contributed by atoms with Crippen LogP contribution in [0.2, 0.25) is 0 Å². The van der Waals surface area contributed by atoms with Gasteiger partial charge < -0.3 is 20.6 Å². The number of urea groups is 1. The second-order valence-electron chi connectivity index (χ2n) is 4.03. The van der Waals surface area contributed by atoms with Crippen LogP contribution in [0.15, 0.2) is 17.5 Å². The van der Waals surface area contributed by atoms with Crippen LogP contribution in [0, 0.1) is 0 Å². The molecule has 7 nitrogen and oxygen atoms in total. The summed E-state index contributed by atoms with van der Waals surface area (Å²) in [6.07, 6.45) is -0.0982. The Bertz CT molecular complexity index is 461. The van der Waals surface area contributed by atoms with Crippen molar-refractivity contribution in [2.24, 2.45) is 0 Å². The highest BCUT2D eigenvalue weighted by molar-refractivity contribution is 7.12. The summed E-state index contributed by atoms with van der Waals surface area (Å²) >= 11 is 1.35. The molecule has 0 atom stereocenters. The first-order chi connectivity index (χ1) is 9.50. The Kier molecular flexibility index (Phi) is 6.51. The predicted molar refractivity (Wildman–Crippen MR) is 74.9 cm³/mol. The Morgan fingerprint density at radius 3 is 2.60 bits per heavy atom. The Labute approximate surface area is 120 Å². The molecule has 0 aliphatic carbocycles. The zero-order valence-corrected chi connectivity index (χ0v) is 11.9. The van der Waals surface area contributed by atoms with Gasteiger partial charge in [-0.05, 0) is 11.4 Å². The molecule has 0 bridgehead atoms. The number of hydrogen-bond donors (Lipinski definition) is 3. The molecule has 1 rings (SSSR count). The van der Waals surface area contributed by atoms with Crippen molar-refractivity contribution >= 4 is 29.2 Å². The second kappa shape index (κ2) is 8.16. The lowest BCUT2D eigenvalue weighted by Crippen LogP contribution is -2.41. The van der Waals surface area contributed by atoms with Crippen LogP contribution in [-0.2, 0) is 4.79 Å². The minimum Gasteiger partial charge on any atom is -0.481 e. The van der Waals surface area contributed by atoms with Gasteiger partial charge in [0.2, 0.25) is 0 Å². The lowest BCUT2D eigenvalue weighted by Gasteiger charge is -2.16. The molecule has 8 heteroatoms. The van der Waals surface area contributed by atoms with Crippen molar-refractivity contribution in [3.63, 3.8) is 0 Å². The number of carbonyl (C=O) groups excluding carboxylic acids is 2. The molecule has 0 aliphatic heterocycles. The van der Waals surface area contributed by atoms with Gasteiger partial charge in [0.1, 0.15) is 0 Å². The molecule has 1 aromatic rings. The number of aliphatic carboxylic acids is 1. The van der Waals surface area contributed by atoms with Crippen LogP contribution in [0.5, 0.6) is 0 Å². The molecule has 0 spiro atoms. The molecule has 0 aromatic carbocycles. The standard InChI is InChI=1S/C12H17N3O4S/c1-15(7-4-10(16)17)12(19)14-6-5-13-11(18)9-3-2-8-20-9/h2-3,8H,4-7H2,1H3,(H,13,18)(H,14,19)(H,16,17). The monoisotopic (exact) mass is 299 g/mol. The summed E-state index contributed by atoms with van der Waals surface area (Å²) in [5.41, 5.74) is 0. The van der Waals surface area contributed by atoms with Gasteiger partial charge in [-0.3, -0.25) is 9.59 Å². The highest BCUT2D eigenvalue weighted by Crippen LogP contribution is 2.07. The van der Waals surface area contributed by atoms with E-state index in [1.807, 2.05) is 5.38 Å². The first kappa shape index (κ1) is 16.0.